The number of rotatable bonds is 9. The molecular formula is C18H20O6. The lowest BCUT2D eigenvalue weighted by atomic mass is 9.96. The van der Waals surface area contributed by atoms with Gasteiger partial charge in [-0.05, 0) is 38.1 Å². The summed E-state index contributed by atoms with van der Waals surface area (Å²) in [5, 5.41) is 0. The number of Topliss-reactive ketones (excluding diaryl/α,β-unsaturated/α-hetero) is 1. The van der Waals surface area contributed by atoms with Crippen LogP contribution >= 0.6 is 0 Å². The summed E-state index contributed by atoms with van der Waals surface area (Å²) in [7, 11) is 0. The summed E-state index contributed by atoms with van der Waals surface area (Å²) in [6.07, 6.45) is 2.08. The predicted octanol–water partition coefficient (Wildman–Crippen LogP) is 2.49. The molecular weight excluding hydrogens is 312 g/mol. The molecule has 0 heterocycles. The topological polar surface area (TPSA) is 78.9 Å². The van der Waals surface area contributed by atoms with Crippen molar-refractivity contribution < 1.29 is 28.6 Å². The highest BCUT2D eigenvalue weighted by atomic mass is 16.6. The van der Waals surface area contributed by atoms with E-state index in [9.17, 15) is 14.4 Å². The number of carbonyl (C=O) groups is 3. The zero-order valence-corrected chi connectivity index (χ0v) is 13.7. The van der Waals surface area contributed by atoms with E-state index in [1.807, 2.05) is 0 Å². The number of ether oxygens (including phenoxy) is 3. The second-order valence-electron chi connectivity index (χ2n) is 5.21. The van der Waals surface area contributed by atoms with Crippen LogP contribution < -0.4 is 4.74 Å². The van der Waals surface area contributed by atoms with Gasteiger partial charge >= 0.3 is 11.9 Å². The maximum absolute atomic E-state index is 12.4. The maximum atomic E-state index is 12.4. The molecule has 0 unspecified atom stereocenters. The summed E-state index contributed by atoms with van der Waals surface area (Å²) >= 11 is 0. The van der Waals surface area contributed by atoms with Gasteiger partial charge in [-0.25, -0.2) is 9.59 Å². The average molecular weight is 332 g/mol. The highest BCUT2D eigenvalue weighted by Crippen LogP contribution is 2.20. The van der Waals surface area contributed by atoms with Crippen LogP contribution in [0, 0.1) is 0 Å². The molecule has 0 bridgehead atoms. The molecule has 6 nitrogen and oxygen atoms in total. The van der Waals surface area contributed by atoms with E-state index in [1.54, 1.807) is 24.3 Å². The van der Waals surface area contributed by atoms with E-state index >= 15 is 0 Å². The van der Waals surface area contributed by atoms with E-state index in [2.05, 4.69) is 13.2 Å². The molecule has 0 aliphatic heterocycles. The van der Waals surface area contributed by atoms with Crippen molar-refractivity contribution in [2.45, 2.75) is 19.4 Å². The molecule has 0 radical (unpaired) electrons. The summed E-state index contributed by atoms with van der Waals surface area (Å²) in [5.41, 5.74) is -0.922. The van der Waals surface area contributed by atoms with Gasteiger partial charge in [0.15, 0.2) is 5.60 Å². The van der Waals surface area contributed by atoms with Crippen molar-refractivity contribution in [2.75, 3.05) is 13.2 Å². The Morgan fingerprint density at radius 3 is 2.12 bits per heavy atom. The van der Waals surface area contributed by atoms with Crippen molar-refractivity contribution in [3.63, 3.8) is 0 Å². The van der Waals surface area contributed by atoms with E-state index in [0.29, 0.717) is 11.3 Å². The minimum atomic E-state index is -1.30. The molecule has 6 heteroatoms. The lowest BCUT2D eigenvalue weighted by Crippen LogP contribution is -2.36. The molecule has 0 N–H and O–H groups in total. The Bertz CT molecular complexity index is 627. The molecule has 0 aliphatic rings. The number of carbonyl (C=O) groups excluding carboxylic acids is 3. The number of hydrogen-bond donors (Lipinski definition) is 0. The van der Waals surface area contributed by atoms with Crippen molar-refractivity contribution >= 4 is 17.7 Å². The van der Waals surface area contributed by atoms with Crippen LogP contribution in [0.1, 0.15) is 24.2 Å². The Balaban J connectivity index is 2.61. The highest BCUT2D eigenvalue weighted by Gasteiger charge is 2.32. The first-order valence-electron chi connectivity index (χ1n) is 7.22. The summed E-state index contributed by atoms with van der Waals surface area (Å²) in [6, 6.07) is 6.34. The number of esters is 2. The molecule has 24 heavy (non-hydrogen) atoms. The third-order valence-corrected chi connectivity index (χ3v) is 2.95. The minimum Gasteiger partial charge on any atom is -0.490 e. The van der Waals surface area contributed by atoms with Crippen molar-refractivity contribution in [3.8, 4) is 5.75 Å². The highest BCUT2D eigenvalue weighted by molar-refractivity contribution is 6.03. The Labute approximate surface area is 140 Å². The first kappa shape index (κ1) is 19.2. The van der Waals surface area contributed by atoms with Gasteiger partial charge in [0, 0.05) is 17.7 Å². The smallest absolute Gasteiger partial charge is 0.331 e. The van der Waals surface area contributed by atoms with E-state index in [4.69, 9.17) is 14.2 Å². The fraction of sp³-hybridized carbons (Fsp3) is 0.278. The zero-order chi connectivity index (χ0) is 18.2. The lowest BCUT2D eigenvalue weighted by molar-refractivity contribution is -0.146. The lowest BCUT2D eigenvalue weighted by Gasteiger charge is -2.23. The van der Waals surface area contributed by atoms with Crippen LogP contribution in [-0.2, 0) is 19.1 Å². The molecule has 1 aromatic carbocycles. The van der Waals surface area contributed by atoms with Gasteiger partial charge in [0.05, 0.1) is 0 Å². The SMILES string of the molecule is C=CC(=O)OCCOc1ccc(C(=O)C(C)(C)OC(=O)C=C)cc1. The summed E-state index contributed by atoms with van der Waals surface area (Å²) in [5.74, 6) is -1.01. The van der Waals surface area contributed by atoms with Gasteiger partial charge in [-0.3, -0.25) is 4.79 Å². The van der Waals surface area contributed by atoms with Crippen LogP contribution in [0.3, 0.4) is 0 Å². The molecule has 1 rings (SSSR count). The van der Waals surface area contributed by atoms with E-state index < -0.39 is 17.5 Å². The van der Waals surface area contributed by atoms with E-state index in [1.165, 1.54) is 13.8 Å². The molecule has 1 aromatic rings. The molecule has 0 saturated carbocycles. The van der Waals surface area contributed by atoms with Gasteiger partial charge in [0.1, 0.15) is 19.0 Å². The van der Waals surface area contributed by atoms with Crippen LogP contribution in [0.25, 0.3) is 0 Å². The van der Waals surface area contributed by atoms with Gasteiger partial charge in [0.25, 0.3) is 0 Å². The van der Waals surface area contributed by atoms with Crippen molar-refractivity contribution in [3.05, 3.63) is 55.1 Å². The van der Waals surface area contributed by atoms with Gasteiger partial charge in [-0.2, -0.15) is 0 Å². The van der Waals surface area contributed by atoms with Gasteiger partial charge in [-0.15, -0.1) is 0 Å². The molecule has 128 valence electrons. The van der Waals surface area contributed by atoms with E-state index in [0.717, 1.165) is 12.2 Å². The number of hydrogen-bond acceptors (Lipinski definition) is 6. The Hall–Kier alpha value is -2.89. The minimum absolute atomic E-state index is 0.0933. The Morgan fingerprint density at radius 1 is 1.00 bits per heavy atom. The fourth-order valence-corrected chi connectivity index (χ4v) is 1.75. The normalized spacial score (nSPS) is 10.4. The molecule has 0 atom stereocenters. The first-order valence-corrected chi connectivity index (χ1v) is 7.22. The summed E-state index contributed by atoms with van der Waals surface area (Å²) < 4.78 is 15.2. The van der Waals surface area contributed by atoms with Crippen LogP contribution in [0.4, 0.5) is 0 Å². The second kappa shape index (κ2) is 8.67. The van der Waals surface area contributed by atoms with Gasteiger partial charge in [-0.1, -0.05) is 13.2 Å². The molecule has 0 saturated heterocycles. The van der Waals surface area contributed by atoms with Crippen LogP contribution in [-0.4, -0.2) is 36.5 Å². The monoisotopic (exact) mass is 332 g/mol. The molecule has 0 fully saturated rings. The number of benzene rings is 1. The molecule has 0 aliphatic carbocycles. The fourth-order valence-electron chi connectivity index (χ4n) is 1.75. The zero-order valence-electron chi connectivity index (χ0n) is 13.7. The first-order chi connectivity index (χ1) is 11.3. The third-order valence-electron chi connectivity index (χ3n) is 2.95. The van der Waals surface area contributed by atoms with Crippen LogP contribution in [0.2, 0.25) is 0 Å². The van der Waals surface area contributed by atoms with Crippen LogP contribution in [0.15, 0.2) is 49.6 Å². The predicted molar refractivity (Wildman–Crippen MR) is 87.8 cm³/mol. The van der Waals surface area contributed by atoms with Gasteiger partial charge < -0.3 is 14.2 Å². The van der Waals surface area contributed by atoms with Crippen molar-refractivity contribution in [1.29, 1.82) is 0 Å². The molecule has 0 aromatic heterocycles. The Morgan fingerprint density at radius 2 is 1.58 bits per heavy atom. The largest absolute Gasteiger partial charge is 0.490 e. The van der Waals surface area contributed by atoms with Gasteiger partial charge in [0.2, 0.25) is 5.78 Å². The summed E-state index contributed by atoms with van der Waals surface area (Å²) in [4.78, 5) is 34.5. The average Bonchev–Trinajstić information content (AvgIpc) is 2.57. The van der Waals surface area contributed by atoms with Crippen molar-refractivity contribution in [1.82, 2.24) is 0 Å². The molecule has 0 spiro atoms. The van der Waals surface area contributed by atoms with Crippen molar-refractivity contribution in [2.24, 2.45) is 0 Å². The molecule has 0 amide bonds. The second-order valence-corrected chi connectivity index (χ2v) is 5.21. The Kier molecular flexibility index (Phi) is 6.92. The summed E-state index contributed by atoms with van der Waals surface area (Å²) in [6.45, 7) is 9.87. The third kappa shape index (κ3) is 5.72. The maximum Gasteiger partial charge on any atom is 0.331 e. The van der Waals surface area contributed by atoms with Crippen LogP contribution in [0.5, 0.6) is 5.75 Å². The number of ketones is 1. The quantitative estimate of drug-likeness (QED) is 0.299. The van der Waals surface area contributed by atoms with E-state index in [-0.39, 0.29) is 19.0 Å². The standard InChI is InChI=1S/C18H20O6/c1-5-15(19)23-12-11-22-14-9-7-13(8-10-14)17(21)18(3,4)24-16(20)6-2/h5-10H,1-2,11-12H2,3-4H3.